The number of nitriles is 1. The number of anilines is 2. The van der Waals surface area contributed by atoms with E-state index in [1.54, 1.807) is 47.0 Å². The molecule has 2 aliphatic rings. The van der Waals surface area contributed by atoms with E-state index in [1.165, 1.54) is 6.33 Å². The summed E-state index contributed by atoms with van der Waals surface area (Å²) in [7, 11) is 0. The van der Waals surface area contributed by atoms with Crippen LogP contribution in [0.15, 0.2) is 61.0 Å². The predicted octanol–water partition coefficient (Wildman–Crippen LogP) is 4.87. The van der Waals surface area contributed by atoms with Gasteiger partial charge in [0.1, 0.15) is 47.9 Å². The second-order valence-electron chi connectivity index (χ2n) is 11.9. The van der Waals surface area contributed by atoms with E-state index in [2.05, 4.69) is 41.3 Å². The number of rotatable bonds is 12. The van der Waals surface area contributed by atoms with Crippen LogP contribution in [0.25, 0.3) is 11.1 Å². The van der Waals surface area contributed by atoms with E-state index in [4.69, 9.17) is 19.3 Å². The normalized spacial score (nSPS) is 19.0. The minimum absolute atomic E-state index is 0.232. The second kappa shape index (κ2) is 14.9. The molecule has 1 aliphatic heterocycles. The number of nitrogens with zero attached hydrogens (tertiary/aromatic N) is 10. The van der Waals surface area contributed by atoms with Gasteiger partial charge in [0.2, 0.25) is 5.95 Å². The number of thiazole rings is 1. The van der Waals surface area contributed by atoms with Gasteiger partial charge in [-0.2, -0.15) is 10.4 Å². The Bertz CT molecular complexity index is 1790. The molecule has 1 saturated heterocycles. The largest absolute Gasteiger partial charge is 0.487 e. The molecule has 0 unspecified atom stereocenters. The van der Waals surface area contributed by atoms with E-state index in [9.17, 15) is 5.26 Å². The maximum atomic E-state index is 9.67. The Morgan fingerprint density at radius 3 is 2.62 bits per heavy atom. The van der Waals surface area contributed by atoms with Crippen molar-refractivity contribution in [2.75, 3.05) is 31.6 Å². The van der Waals surface area contributed by atoms with E-state index in [0.29, 0.717) is 48.0 Å². The summed E-state index contributed by atoms with van der Waals surface area (Å²) in [5.41, 5.74) is 2.76. The highest BCUT2D eigenvalue weighted by molar-refractivity contribution is 7.09. The number of nitrogens with one attached hydrogen (secondary N) is 1. The van der Waals surface area contributed by atoms with Gasteiger partial charge in [-0.25, -0.2) is 24.6 Å². The lowest BCUT2D eigenvalue weighted by atomic mass is 9.90. The van der Waals surface area contributed by atoms with Crippen molar-refractivity contribution in [1.29, 1.82) is 5.26 Å². The Labute approximate surface area is 282 Å². The maximum Gasteiger partial charge on any atom is 0.257 e. The molecular formula is C33H37N11O3S. The van der Waals surface area contributed by atoms with E-state index in [1.807, 2.05) is 35.3 Å². The van der Waals surface area contributed by atoms with Crippen LogP contribution in [0.2, 0.25) is 0 Å². The molecule has 1 saturated carbocycles. The highest BCUT2D eigenvalue weighted by Crippen LogP contribution is 2.35. The van der Waals surface area contributed by atoms with Gasteiger partial charge in [-0.05, 0) is 50.3 Å². The van der Waals surface area contributed by atoms with Gasteiger partial charge in [-0.1, -0.05) is 6.07 Å². The van der Waals surface area contributed by atoms with Crippen LogP contribution in [0.4, 0.5) is 11.6 Å². The van der Waals surface area contributed by atoms with Crippen LogP contribution in [0.1, 0.15) is 49.2 Å². The molecular weight excluding hydrogens is 631 g/mol. The zero-order valence-electron chi connectivity index (χ0n) is 26.7. The number of morpholine rings is 1. The monoisotopic (exact) mass is 667 g/mol. The highest BCUT2D eigenvalue weighted by Gasteiger charge is 2.29. The lowest BCUT2D eigenvalue weighted by molar-refractivity contribution is 0.00502. The third-order valence-electron chi connectivity index (χ3n) is 8.69. The van der Waals surface area contributed by atoms with Gasteiger partial charge in [-0.15, -0.1) is 16.4 Å². The molecule has 4 aromatic heterocycles. The van der Waals surface area contributed by atoms with E-state index >= 15 is 0 Å². The van der Waals surface area contributed by atoms with Crippen LogP contribution >= 0.6 is 11.3 Å². The summed E-state index contributed by atoms with van der Waals surface area (Å²) in [4.78, 5) is 20.1. The van der Waals surface area contributed by atoms with Gasteiger partial charge in [0, 0.05) is 48.7 Å². The summed E-state index contributed by atoms with van der Waals surface area (Å²) in [5.74, 6) is 1.39. The van der Waals surface area contributed by atoms with Gasteiger partial charge in [0.15, 0.2) is 0 Å². The fourth-order valence-corrected chi connectivity index (χ4v) is 6.77. The Morgan fingerprint density at radius 2 is 1.90 bits per heavy atom. The minimum Gasteiger partial charge on any atom is -0.487 e. The molecule has 7 rings (SSSR count). The van der Waals surface area contributed by atoms with E-state index < -0.39 is 0 Å². The third-order valence-corrected chi connectivity index (χ3v) is 9.44. The number of hydrogen-bond acceptors (Lipinski definition) is 13. The lowest BCUT2D eigenvalue weighted by Crippen LogP contribution is -2.45. The van der Waals surface area contributed by atoms with Crippen molar-refractivity contribution >= 4 is 23.0 Å². The average Bonchev–Trinajstić information content (AvgIpc) is 3.92. The first-order valence-corrected chi connectivity index (χ1v) is 17.0. The molecule has 14 nitrogen and oxygen atoms in total. The van der Waals surface area contributed by atoms with Crippen molar-refractivity contribution in [3.05, 3.63) is 71.6 Å². The molecule has 5 heterocycles. The van der Waals surface area contributed by atoms with Crippen molar-refractivity contribution in [1.82, 2.24) is 44.4 Å². The average molecular weight is 668 g/mol. The molecule has 0 spiro atoms. The Kier molecular flexibility index (Phi) is 9.82. The topological polar surface area (TPSA) is 154 Å². The molecule has 1 aromatic carbocycles. The molecule has 1 N–H and O–H groups in total. The van der Waals surface area contributed by atoms with Crippen LogP contribution in [-0.4, -0.2) is 82.8 Å². The van der Waals surface area contributed by atoms with Gasteiger partial charge < -0.3 is 19.5 Å². The molecule has 248 valence electrons. The lowest BCUT2D eigenvalue weighted by Gasteiger charge is -2.38. The summed E-state index contributed by atoms with van der Waals surface area (Å²) in [6.45, 7) is 6.43. The molecule has 5 aromatic rings. The van der Waals surface area contributed by atoms with Gasteiger partial charge in [0.25, 0.3) is 5.88 Å². The minimum atomic E-state index is -0.232. The Morgan fingerprint density at radius 1 is 1.08 bits per heavy atom. The van der Waals surface area contributed by atoms with Gasteiger partial charge in [0.05, 0.1) is 37.6 Å². The molecule has 2 fully saturated rings. The summed E-state index contributed by atoms with van der Waals surface area (Å²) < 4.78 is 21.6. The van der Waals surface area contributed by atoms with E-state index in [-0.39, 0.29) is 12.1 Å². The quantitative estimate of drug-likeness (QED) is 0.193. The molecule has 1 atom stereocenters. The SMILES string of the molecule is C[C@@H](Cn1cncn1)Oc1cc(-c2cnc(Nc3cn(C4CCC(N5CCOCC5)CC4)nc3OCc3nccs3)nc2)ccc1C#N. The third kappa shape index (κ3) is 7.62. The second-order valence-corrected chi connectivity index (χ2v) is 12.9. The van der Waals surface area contributed by atoms with E-state index in [0.717, 1.165) is 68.1 Å². The predicted molar refractivity (Wildman–Crippen MR) is 178 cm³/mol. The number of benzene rings is 1. The molecule has 15 heteroatoms. The first-order chi connectivity index (χ1) is 23.6. The maximum absolute atomic E-state index is 9.67. The molecule has 1 aliphatic carbocycles. The van der Waals surface area contributed by atoms with Crippen molar-refractivity contribution in [2.45, 2.75) is 63.9 Å². The summed E-state index contributed by atoms with van der Waals surface area (Å²) in [6.07, 6.45) is 14.5. The van der Waals surface area contributed by atoms with Crippen molar-refractivity contribution in [3.8, 4) is 28.8 Å². The van der Waals surface area contributed by atoms with Crippen molar-refractivity contribution in [3.63, 3.8) is 0 Å². The zero-order valence-corrected chi connectivity index (χ0v) is 27.5. The fourth-order valence-electron chi connectivity index (χ4n) is 6.24. The van der Waals surface area contributed by atoms with Crippen LogP contribution in [0.3, 0.4) is 0 Å². The Hall–Kier alpha value is -4.91. The molecule has 0 radical (unpaired) electrons. The smallest absolute Gasteiger partial charge is 0.257 e. The number of ether oxygens (including phenoxy) is 3. The molecule has 48 heavy (non-hydrogen) atoms. The first kappa shape index (κ1) is 31.7. The van der Waals surface area contributed by atoms with Crippen molar-refractivity contribution in [2.24, 2.45) is 0 Å². The molecule has 0 bridgehead atoms. The highest BCUT2D eigenvalue weighted by atomic mass is 32.1. The van der Waals surface area contributed by atoms with Crippen LogP contribution in [0, 0.1) is 11.3 Å². The van der Waals surface area contributed by atoms with Gasteiger partial charge in [-0.3, -0.25) is 9.58 Å². The van der Waals surface area contributed by atoms with Crippen LogP contribution in [0.5, 0.6) is 11.6 Å². The number of hydrogen-bond donors (Lipinski definition) is 1. The van der Waals surface area contributed by atoms with Gasteiger partial charge >= 0.3 is 0 Å². The summed E-state index contributed by atoms with van der Waals surface area (Å²) >= 11 is 1.54. The van der Waals surface area contributed by atoms with Crippen LogP contribution < -0.4 is 14.8 Å². The number of aromatic nitrogens is 8. The standard InChI is InChI=1S/C33H37N11O3S/c1-23(18-43-22-35-21-39-43)47-30-14-24(2-3-25(30)15-34)26-16-37-33(38-17-26)40-29-19-44(41-32(29)46-20-31-36-8-13-48-31)28-6-4-27(5-7-28)42-9-11-45-12-10-42/h2-3,8,13-14,16-17,19,21-23,27-28H,4-7,9-12,18,20H2,1H3,(H,37,38,40)/t23-,27?,28?/m0/s1. The molecule has 0 amide bonds. The summed E-state index contributed by atoms with van der Waals surface area (Å²) in [5, 5.41) is 24.8. The Balaban J connectivity index is 1.05. The first-order valence-electron chi connectivity index (χ1n) is 16.2. The fraction of sp³-hybridized carbons (Fsp3) is 0.424. The van der Waals surface area contributed by atoms with Crippen LogP contribution in [-0.2, 0) is 17.9 Å². The zero-order chi connectivity index (χ0) is 32.7. The van der Waals surface area contributed by atoms with Crippen molar-refractivity contribution < 1.29 is 14.2 Å². The summed E-state index contributed by atoms with van der Waals surface area (Å²) in [6, 6.07) is 8.55.